The van der Waals surface area contributed by atoms with Crippen molar-refractivity contribution >= 4 is 64.3 Å². The molecule has 0 spiro atoms. The second kappa shape index (κ2) is 18.8. The quantitative estimate of drug-likeness (QED) is 0.180. The highest BCUT2D eigenvalue weighted by molar-refractivity contribution is 6.25. The summed E-state index contributed by atoms with van der Waals surface area (Å²) in [4.78, 5) is 97.1. The highest BCUT2D eigenvalue weighted by atomic mass is 16.5. The zero-order valence-electron chi connectivity index (χ0n) is 37.4. The number of hydrogen-bond acceptors (Lipinski definition) is 14. The molecule has 4 fully saturated rings. The van der Waals surface area contributed by atoms with Crippen LogP contribution in [-0.4, -0.2) is 144 Å². The number of ether oxygens (including phenoxy) is 1. The Hall–Kier alpha value is -6.14. The average Bonchev–Trinajstić information content (AvgIpc) is 3.94. The Morgan fingerprint density at radius 2 is 1.66 bits per heavy atom. The minimum Gasteiger partial charge on any atom is -0.495 e. The van der Waals surface area contributed by atoms with E-state index in [1.54, 1.807) is 55.6 Å². The standard InChI is InChI=1S/C47H59N11O7/c1-4-35-45(63)54(2)37-27-49-47(53-41(37)57(35)31-8-5-6-9-31)51-33-17-12-28(26-38(33)65-3)42(60)50-29-13-15-30(16-14-29)56-24-22-55(23-25-56)21-20-48-34-11-7-10-32-40(34)46(64)58(44(32)62)36-18-19-39(59)52-43(36)61/h7,10-12,17,26-27,29-31,35-36,48H,4-6,8-9,13-16,18-25H2,1-3H3,(H,50,60)(H,49,51,53)(H,52,59,61)/t29-,30-,35-,36?/m1/s1. The van der Waals surface area contributed by atoms with Crippen LogP contribution in [0.4, 0.5) is 28.8 Å². The van der Waals surface area contributed by atoms with Gasteiger partial charge in [0, 0.05) is 82.1 Å². The largest absolute Gasteiger partial charge is 0.495 e. The normalized spacial score (nSPS) is 24.2. The van der Waals surface area contributed by atoms with Gasteiger partial charge in [0.2, 0.25) is 23.7 Å². The fourth-order valence-corrected chi connectivity index (χ4v) is 10.7. The zero-order chi connectivity index (χ0) is 45.4. The molecule has 4 aliphatic heterocycles. The molecular formula is C47H59N11O7. The van der Waals surface area contributed by atoms with E-state index in [9.17, 15) is 28.8 Å². The van der Waals surface area contributed by atoms with Crippen molar-refractivity contribution < 1.29 is 33.5 Å². The summed E-state index contributed by atoms with van der Waals surface area (Å²) in [5, 5.41) is 12.2. The summed E-state index contributed by atoms with van der Waals surface area (Å²) in [5.74, 6) is -0.481. The van der Waals surface area contributed by atoms with Gasteiger partial charge in [-0.2, -0.15) is 4.98 Å². The molecule has 2 aromatic carbocycles. The number of carbonyl (C=O) groups excluding carboxylic acids is 6. The first-order valence-corrected chi connectivity index (χ1v) is 23.3. The predicted octanol–water partition coefficient (Wildman–Crippen LogP) is 3.90. The van der Waals surface area contributed by atoms with Gasteiger partial charge in [0.15, 0.2) is 5.82 Å². The van der Waals surface area contributed by atoms with Crippen molar-refractivity contribution in [1.82, 2.24) is 35.3 Å². The lowest BCUT2D eigenvalue weighted by molar-refractivity contribution is -0.136. The molecule has 5 heterocycles. The van der Waals surface area contributed by atoms with Gasteiger partial charge in [-0.05, 0) is 81.7 Å². The molecule has 18 heteroatoms. The van der Waals surface area contributed by atoms with Crippen molar-refractivity contribution in [2.45, 2.75) is 108 Å². The summed E-state index contributed by atoms with van der Waals surface area (Å²) in [5.41, 5.74) is 2.94. The van der Waals surface area contributed by atoms with Crippen LogP contribution in [0.2, 0.25) is 0 Å². The number of anilines is 5. The van der Waals surface area contributed by atoms with Gasteiger partial charge in [0.25, 0.3) is 17.7 Å². The number of benzene rings is 2. The van der Waals surface area contributed by atoms with Crippen LogP contribution in [0, 0.1) is 0 Å². The molecule has 18 nitrogen and oxygen atoms in total. The van der Waals surface area contributed by atoms with Gasteiger partial charge >= 0.3 is 0 Å². The summed E-state index contributed by atoms with van der Waals surface area (Å²) in [6, 6.07) is 9.99. The lowest BCUT2D eigenvalue weighted by atomic mass is 9.89. The predicted molar refractivity (Wildman–Crippen MR) is 244 cm³/mol. The molecule has 6 aliphatic rings. The van der Waals surface area contributed by atoms with Gasteiger partial charge in [0.1, 0.15) is 23.5 Å². The van der Waals surface area contributed by atoms with Crippen molar-refractivity contribution in [1.29, 1.82) is 0 Å². The summed E-state index contributed by atoms with van der Waals surface area (Å²) >= 11 is 0. The number of piperidine rings is 1. The van der Waals surface area contributed by atoms with E-state index in [-0.39, 0.29) is 53.9 Å². The third kappa shape index (κ3) is 8.72. The highest BCUT2D eigenvalue weighted by Crippen LogP contribution is 2.41. The van der Waals surface area contributed by atoms with E-state index in [4.69, 9.17) is 9.72 Å². The topological polar surface area (TPSA) is 202 Å². The monoisotopic (exact) mass is 889 g/mol. The molecule has 4 N–H and O–H groups in total. The average molecular weight is 890 g/mol. The number of likely N-dealkylation sites (N-methyl/N-ethyl adjacent to an activating group) is 1. The minimum atomic E-state index is -1.000. The molecule has 2 saturated heterocycles. The number of piperazine rings is 1. The first-order chi connectivity index (χ1) is 31.5. The maximum absolute atomic E-state index is 13.5. The Kier molecular flexibility index (Phi) is 12.7. The molecule has 9 rings (SSSR count). The van der Waals surface area contributed by atoms with E-state index in [0.717, 1.165) is 94.8 Å². The van der Waals surface area contributed by atoms with E-state index in [2.05, 4.69) is 41.0 Å². The third-order valence-electron chi connectivity index (χ3n) is 14.3. The Balaban J connectivity index is 0.734. The molecule has 1 aromatic heterocycles. The number of carbonyl (C=O) groups is 6. The lowest BCUT2D eigenvalue weighted by Crippen LogP contribution is -2.55. The number of hydrogen-bond donors (Lipinski definition) is 4. The van der Waals surface area contributed by atoms with Crippen molar-refractivity contribution in [3.05, 3.63) is 59.3 Å². The maximum Gasteiger partial charge on any atom is 0.264 e. The molecule has 2 saturated carbocycles. The third-order valence-corrected chi connectivity index (χ3v) is 14.3. The van der Waals surface area contributed by atoms with Crippen LogP contribution >= 0.6 is 0 Å². The Bertz CT molecular complexity index is 2360. The molecule has 2 atom stereocenters. The van der Waals surface area contributed by atoms with Gasteiger partial charge in [-0.3, -0.25) is 48.8 Å². The van der Waals surface area contributed by atoms with Crippen molar-refractivity contribution in [3.63, 3.8) is 0 Å². The number of rotatable bonds is 13. The molecule has 3 aromatic rings. The van der Waals surface area contributed by atoms with Crippen LogP contribution < -0.4 is 35.8 Å². The number of amides is 6. The number of fused-ring (bicyclic) bond motifs is 2. The molecule has 344 valence electrons. The second-order valence-corrected chi connectivity index (χ2v) is 18.1. The van der Waals surface area contributed by atoms with Crippen LogP contribution in [-0.2, 0) is 14.4 Å². The molecule has 0 radical (unpaired) electrons. The minimum absolute atomic E-state index is 0.0668. The fraction of sp³-hybridized carbons (Fsp3) is 0.532. The number of nitrogens with zero attached hydrogens (tertiary/aromatic N) is 7. The first-order valence-electron chi connectivity index (χ1n) is 23.3. The number of nitrogens with one attached hydrogen (secondary N) is 4. The zero-order valence-corrected chi connectivity index (χ0v) is 37.4. The smallest absolute Gasteiger partial charge is 0.264 e. The van der Waals surface area contributed by atoms with Gasteiger partial charge in [-0.25, -0.2) is 4.98 Å². The van der Waals surface area contributed by atoms with Crippen LogP contribution in [0.5, 0.6) is 5.75 Å². The summed E-state index contributed by atoms with van der Waals surface area (Å²) in [6.07, 6.45) is 10.7. The fourth-order valence-electron chi connectivity index (χ4n) is 10.7. The van der Waals surface area contributed by atoms with Gasteiger partial charge in [0.05, 0.1) is 30.1 Å². The number of aromatic nitrogens is 2. The maximum atomic E-state index is 13.5. The number of methoxy groups -OCH3 is 1. The van der Waals surface area contributed by atoms with E-state index >= 15 is 0 Å². The van der Waals surface area contributed by atoms with Gasteiger partial charge in [-0.1, -0.05) is 25.8 Å². The Morgan fingerprint density at radius 1 is 0.892 bits per heavy atom. The van der Waals surface area contributed by atoms with Crippen LogP contribution in [0.1, 0.15) is 109 Å². The van der Waals surface area contributed by atoms with E-state index in [1.165, 1.54) is 0 Å². The van der Waals surface area contributed by atoms with Crippen molar-refractivity contribution in [2.24, 2.45) is 0 Å². The lowest BCUT2D eigenvalue weighted by Gasteiger charge is -2.43. The summed E-state index contributed by atoms with van der Waals surface area (Å²) < 4.78 is 5.74. The Labute approximate surface area is 378 Å². The van der Waals surface area contributed by atoms with Gasteiger partial charge in [-0.15, -0.1) is 0 Å². The van der Waals surface area contributed by atoms with Crippen LogP contribution in [0.3, 0.4) is 0 Å². The van der Waals surface area contributed by atoms with Crippen LogP contribution in [0.15, 0.2) is 42.6 Å². The van der Waals surface area contributed by atoms with E-state index in [0.29, 0.717) is 53.3 Å². The van der Waals surface area contributed by atoms with E-state index in [1.807, 2.05) is 13.0 Å². The molecule has 65 heavy (non-hydrogen) atoms. The molecule has 6 amide bonds. The first kappa shape index (κ1) is 44.1. The summed E-state index contributed by atoms with van der Waals surface area (Å²) in [6.45, 7) is 7.10. The second-order valence-electron chi connectivity index (χ2n) is 18.1. The molecular weight excluding hydrogens is 831 g/mol. The highest BCUT2D eigenvalue weighted by Gasteiger charge is 2.46. The van der Waals surface area contributed by atoms with Gasteiger partial charge < -0.3 is 30.5 Å². The van der Waals surface area contributed by atoms with E-state index < -0.39 is 29.7 Å². The van der Waals surface area contributed by atoms with Crippen molar-refractivity contribution in [2.75, 3.05) is 73.9 Å². The molecule has 0 bridgehead atoms. The molecule has 2 aliphatic carbocycles. The summed E-state index contributed by atoms with van der Waals surface area (Å²) in [7, 11) is 3.36. The molecule has 1 unspecified atom stereocenters. The Morgan fingerprint density at radius 3 is 2.38 bits per heavy atom. The SMILES string of the molecule is CC[C@@H]1C(=O)N(C)c2cnc(Nc3ccc(C(=O)N[C@H]4CC[C@H](N5CCN(CCNc6cccc7c6C(=O)N(C6CCC(=O)NC6=O)C7=O)CC5)CC4)cc3OC)nc2N1C1CCCC1. The number of imide groups is 2. The van der Waals surface area contributed by atoms with Crippen LogP contribution in [0.25, 0.3) is 0 Å². The van der Waals surface area contributed by atoms with Crippen molar-refractivity contribution in [3.8, 4) is 5.75 Å².